The van der Waals surface area contributed by atoms with Crippen LogP contribution in [0.1, 0.15) is 25.0 Å². The summed E-state index contributed by atoms with van der Waals surface area (Å²) in [7, 11) is 0. The highest BCUT2D eigenvalue weighted by Crippen LogP contribution is 2.52. The van der Waals surface area contributed by atoms with E-state index in [0.717, 1.165) is 5.56 Å². The molecule has 0 radical (unpaired) electrons. The lowest BCUT2D eigenvalue weighted by molar-refractivity contribution is -0.157. The Labute approximate surface area is 147 Å². The Morgan fingerprint density at radius 1 is 1.36 bits per heavy atom. The minimum absolute atomic E-state index is 0.0156. The number of rotatable bonds is 4. The maximum absolute atomic E-state index is 13.0. The molecule has 1 spiro atoms. The third-order valence-corrected chi connectivity index (χ3v) is 5.30. The van der Waals surface area contributed by atoms with Crippen molar-refractivity contribution in [3.63, 3.8) is 0 Å². The molecule has 3 aliphatic heterocycles. The minimum atomic E-state index is -0.673. The quantitative estimate of drug-likeness (QED) is 0.622. The molecule has 0 N–H and O–H groups in total. The van der Waals surface area contributed by atoms with Crippen LogP contribution in [-0.4, -0.2) is 41.1 Å². The highest BCUT2D eigenvalue weighted by atomic mass is 16.6. The van der Waals surface area contributed by atoms with E-state index in [2.05, 4.69) is 0 Å². The minimum Gasteiger partial charge on any atom is -0.463 e. The second-order valence-corrected chi connectivity index (χ2v) is 7.57. The second-order valence-electron chi connectivity index (χ2n) is 7.57. The van der Waals surface area contributed by atoms with E-state index in [1.165, 1.54) is 5.56 Å². The van der Waals surface area contributed by atoms with Crippen molar-refractivity contribution in [2.24, 2.45) is 11.8 Å². The Morgan fingerprint density at radius 3 is 2.76 bits per heavy atom. The van der Waals surface area contributed by atoms with E-state index in [4.69, 9.17) is 9.47 Å². The number of amides is 1. The zero-order valence-corrected chi connectivity index (χ0v) is 14.8. The number of benzene rings is 1. The molecule has 25 heavy (non-hydrogen) atoms. The van der Waals surface area contributed by atoms with Crippen LogP contribution >= 0.6 is 0 Å². The fourth-order valence-corrected chi connectivity index (χ4v) is 4.21. The molecule has 1 aromatic rings. The van der Waals surface area contributed by atoms with Crippen LogP contribution in [0.4, 0.5) is 0 Å². The summed E-state index contributed by atoms with van der Waals surface area (Å²) in [5, 5.41) is 0. The third-order valence-electron chi connectivity index (χ3n) is 5.30. The van der Waals surface area contributed by atoms with Gasteiger partial charge in [-0.1, -0.05) is 42.0 Å². The summed E-state index contributed by atoms with van der Waals surface area (Å²) in [5.41, 5.74) is 1.59. The van der Waals surface area contributed by atoms with Crippen LogP contribution in [0.25, 0.3) is 0 Å². The number of esters is 1. The van der Waals surface area contributed by atoms with Gasteiger partial charge in [-0.3, -0.25) is 9.59 Å². The number of carbonyl (C=O) groups excluding carboxylic acids is 2. The molecular formula is C20H23NO4. The first-order valence-corrected chi connectivity index (χ1v) is 8.82. The Hall–Kier alpha value is -2.14. The average Bonchev–Trinajstić information content (AvgIpc) is 3.18. The van der Waals surface area contributed by atoms with Crippen LogP contribution in [-0.2, 0) is 25.6 Å². The molecule has 0 aromatic heterocycles. The first-order chi connectivity index (χ1) is 11.9. The normalized spacial score (nSPS) is 32.6. The van der Waals surface area contributed by atoms with E-state index in [-0.39, 0.29) is 24.1 Å². The number of likely N-dealkylation sites (tertiary alicyclic amines) is 1. The van der Waals surface area contributed by atoms with E-state index in [0.29, 0.717) is 13.1 Å². The Bertz CT molecular complexity index is 739. The zero-order chi connectivity index (χ0) is 17.8. The molecule has 2 saturated heterocycles. The molecule has 2 bridgehead atoms. The van der Waals surface area contributed by atoms with Crippen LogP contribution in [0.5, 0.6) is 0 Å². The first kappa shape index (κ1) is 16.3. The molecule has 0 aliphatic carbocycles. The van der Waals surface area contributed by atoms with E-state index >= 15 is 0 Å². The highest BCUT2D eigenvalue weighted by molar-refractivity contribution is 5.91. The second kappa shape index (κ2) is 5.70. The van der Waals surface area contributed by atoms with Crippen molar-refractivity contribution in [1.29, 1.82) is 0 Å². The van der Waals surface area contributed by atoms with Crippen molar-refractivity contribution in [1.82, 2.24) is 4.90 Å². The van der Waals surface area contributed by atoms with Gasteiger partial charge in [-0.2, -0.15) is 0 Å². The average molecular weight is 341 g/mol. The summed E-state index contributed by atoms with van der Waals surface area (Å²) in [6.45, 7) is 6.69. The number of ether oxygens (including phenoxy) is 2. The summed E-state index contributed by atoms with van der Waals surface area (Å²) < 4.78 is 11.5. The highest BCUT2D eigenvalue weighted by Gasteiger charge is 2.67. The fourth-order valence-electron chi connectivity index (χ4n) is 4.21. The molecule has 1 aromatic carbocycles. The Kier molecular flexibility index (Phi) is 3.72. The van der Waals surface area contributed by atoms with Gasteiger partial charge < -0.3 is 14.4 Å². The first-order valence-electron chi connectivity index (χ1n) is 8.82. The van der Waals surface area contributed by atoms with Gasteiger partial charge in [0, 0.05) is 6.54 Å². The zero-order valence-electron chi connectivity index (χ0n) is 14.8. The maximum Gasteiger partial charge on any atom is 0.313 e. The number of carbonyl (C=O) groups is 2. The third kappa shape index (κ3) is 2.58. The van der Waals surface area contributed by atoms with Crippen molar-refractivity contribution < 1.29 is 19.1 Å². The van der Waals surface area contributed by atoms with Crippen LogP contribution in [0, 0.1) is 18.8 Å². The van der Waals surface area contributed by atoms with E-state index in [9.17, 15) is 9.59 Å². The number of aryl methyl sites for hydroxylation is 1. The van der Waals surface area contributed by atoms with Gasteiger partial charge in [0.25, 0.3) is 0 Å². The van der Waals surface area contributed by atoms with Gasteiger partial charge in [-0.05, 0) is 26.3 Å². The van der Waals surface area contributed by atoms with Gasteiger partial charge in [0.1, 0.15) is 11.5 Å². The Balaban J connectivity index is 1.57. The van der Waals surface area contributed by atoms with Gasteiger partial charge in [0.05, 0.1) is 24.7 Å². The molecule has 132 valence electrons. The van der Waals surface area contributed by atoms with E-state index < -0.39 is 17.4 Å². The van der Waals surface area contributed by atoms with Gasteiger partial charge in [0.15, 0.2) is 0 Å². The van der Waals surface area contributed by atoms with Crippen molar-refractivity contribution in [3.05, 3.63) is 47.5 Å². The van der Waals surface area contributed by atoms with Gasteiger partial charge in [0.2, 0.25) is 5.91 Å². The standard InChI is InChI=1S/C20H23NO4/c1-12(2)24-19(23)16-15-8-9-20(25-15)11-21(18(22)17(16)20)10-14-6-4-13(3)5-7-14/h4-9,12,15-17H,10-11H2,1-3H3/t15-,16+,17-,20+/m0/s1. The van der Waals surface area contributed by atoms with E-state index in [1.54, 1.807) is 4.90 Å². The van der Waals surface area contributed by atoms with Crippen molar-refractivity contribution in [3.8, 4) is 0 Å². The lowest BCUT2D eigenvalue weighted by Crippen LogP contribution is -2.40. The molecular weight excluding hydrogens is 318 g/mol. The van der Waals surface area contributed by atoms with Crippen LogP contribution in [0.2, 0.25) is 0 Å². The molecule has 4 atom stereocenters. The van der Waals surface area contributed by atoms with Crippen molar-refractivity contribution in [2.45, 2.75) is 45.1 Å². The van der Waals surface area contributed by atoms with Gasteiger partial charge in [-0.15, -0.1) is 0 Å². The van der Waals surface area contributed by atoms with E-state index in [1.807, 2.05) is 57.2 Å². The summed E-state index contributed by atoms with van der Waals surface area (Å²) in [4.78, 5) is 27.4. The molecule has 2 fully saturated rings. The number of hydrogen-bond acceptors (Lipinski definition) is 4. The summed E-state index contributed by atoms with van der Waals surface area (Å²) in [5.74, 6) is -1.36. The molecule has 4 rings (SSSR count). The summed E-state index contributed by atoms with van der Waals surface area (Å²) >= 11 is 0. The predicted molar refractivity (Wildman–Crippen MR) is 91.5 cm³/mol. The predicted octanol–water partition coefficient (Wildman–Crippen LogP) is 2.23. The van der Waals surface area contributed by atoms with Crippen molar-refractivity contribution in [2.75, 3.05) is 6.54 Å². The van der Waals surface area contributed by atoms with Crippen molar-refractivity contribution >= 4 is 11.9 Å². The molecule has 3 aliphatic rings. The monoisotopic (exact) mass is 341 g/mol. The molecule has 3 heterocycles. The molecule has 5 nitrogen and oxygen atoms in total. The van der Waals surface area contributed by atoms with Crippen LogP contribution in [0.15, 0.2) is 36.4 Å². The molecule has 1 amide bonds. The molecule has 5 heteroatoms. The number of fused-ring (bicyclic) bond motifs is 1. The Morgan fingerprint density at radius 2 is 2.08 bits per heavy atom. The molecule has 0 saturated carbocycles. The lowest BCUT2D eigenvalue weighted by Gasteiger charge is -2.23. The van der Waals surface area contributed by atoms with Gasteiger partial charge >= 0.3 is 5.97 Å². The lowest BCUT2D eigenvalue weighted by atomic mass is 9.77. The summed E-state index contributed by atoms with van der Waals surface area (Å²) in [6, 6.07) is 8.15. The van der Waals surface area contributed by atoms with Gasteiger partial charge in [-0.25, -0.2) is 0 Å². The SMILES string of the molecule is Cc1ccc(CN2C[C@@]34C=C[C@H](O3)[C@@H](C(=O)OC(C)C)[C@H]4C2=O)cc1. The van der Waals surface area contributed by atoms with Crippen LogP contribution < -0.4 is 0 Å². The number of nitrogens with zero attached hydrogens (tertiary/aromatic N) is 1. The van der Waals surface area contributed by atoms with Crippen LogP contribution in [0.3, 0.4) is 0 Å². The summed E-state index contributed by atoms with van der Waals surface area (Å²) in [6.07, 6.45) is 3.33. The molecule has 0 unspecified atom stereocenters. The topological polar surface area (TPSA) is 55.8 Å². The fraction of sp³-hybridized carbons (Fsp3) is 0.500. The number of hydrogen-bond donors (Lipinski definition) is 0. The smallest absolute Gasteiger partial charge is 0.313 e. The maximum atomic E-state index is 13.0. The largest absolute Gasteiger partial charge is 0.463 e.